The second-order valence-corrected chi connectivity index (χ2v) is 3.64. The van der Waals surface area contributed by atoms with Gasteiger partial charge in [0.15, 0.2) is 0 Å². The van der Waals surface area contributed by atoms with E-state index in [0.717, 1.165) is 12.2 Å². The van der Waals surface area contributed by atoms with Gasteiger partial charge in [-0.2, -0.15) is 5.26 Å². The molecule has 0 unspecified atom stereocenters. The van der Waals surface area contributed by atoms with E-state index in [4.69, 9.17) is 5.26 Å². The number of nitro benzene ring substituents is 1. The maximum absolute atomic E-state index is 10.7. The molecule has 0 aliphatic carbocycles. The van der Waals surface area contributed by atoms with Gasteiger partial charge in [0.1, 0.15) is 17.5 Å². The van der Waals surface area contributed by atoms with Crippen molar-refractivity contribution in [3.8, 4) is 11.8 Å². The number of nitriles is 1. The van der Waals surface area contributed by atoms with E-state index < -0.39 is 4.92 Å². The SMILES string of the molecule is CCc1nccn1-c1ccc([N+](=O)[O-])c(C#N)c1. The Kier molecular flexibility index (Phi) is 3.06. The highest BCUT2D eigenvalue weighted by atomic mass is 16.6. The van der Waals surface area contributed by atoms with Gasteiger partial charge in [-0.1, -0.05) is 6.92 Å². The molecule has 0 atom stereocenters. The van der Waals surface area contributed by atoms with Crippen LogP contribution >= 0.6 is 0 Å². The minimum absolute atomic E-state index is 0.0493. The van der Waals surface area contributed by atoms with Crippen molar-refractivity contribution in [2.75, 3.05) is 0 Å². The molecular formula is C12H10N4O2. The van der Waals surface area contributed by atoms with Gasteiger partial charge >= 0.3 is 0 Å². The first-order valence-electron chi connectivity index (χ1n) is 5.38. The van der Waals surface area contributed by atoms with Crippen LogP contribution in [-0.4, -0.2) is 14.5 Å². The normalized spacial score (nSPS) is 10.0. The first-order valence-corrected chi connectivity index (χ1v) is 5.38. The Balaban J connectivity index is 2.55. The molecule has 0 radical (unpaired) electrons. The van der Waals surface area contributed by atoms with E-state index in [1.54, 1.807) is 18.5 Å². The molecule has 0 N–H and O–H groups in total. The first kappa shape index (κ1) is 11.8. The summed E-state index contributed by atoms with van der Waals surface area (Å²) in [4.78, 5) is 14.3. The van der Waals surface area contributed by atoms with Crippen molar-refractivity contribution in [1.29, 1.82) is 5.26 Å². The van der Waals surface area contributed by atoms with E-state index in [-0.39, 0.29) is 11.3 Å². The second-order valence-electron chi connectivity index (χ2n) is 3.64. The van der Waals surface area contributed by atoms with Gasteiger partial charge in [-0.25, -0.2) is 4.98 Å². The van der Waals surface area contributed by atoms with Crippen molar-refractivity contribution >= 4 is 5.69 Å². The minimum Gasteiger partial charge on any atom is -0.304 e. The van der Waals surface area contributed by atoms with Crippen LogP contribution in [0.4, 0.5) is 5.69 Å². The van der Waals surface area contributed by atoms with E-state index >= 15 is 0 Å². The largest absolute Gasteiger partial charge is 0.304 e. The molecule has 0 saturated carbocycles. The Labute approximate surface area is 103 Å². The first-order chi connectivity index (χ1) is 8.67. The lowest BCUT2D eigenvalue weighted by atomic mass is 10.1. The predicted molar refractivity (Wildman–Crippen MR) is 64.3 cm³/mol. The third kappa shape index (κ3) is 1.94. The van der Waals surface area contributed by atoms with Crippen LogP contribution in [0.2, 0.25) is 0 Å². The molecule has 1 heterocycles. The number of nitro groups is 1. The van der Waals surface area contributed by atoms with E-state index in [1.807, 2.05) is 17.6 Å². The molecule has 0 fully saturated rings. The molecule has 1 aromatic heterocycles. The van der Waals surface area contributed by atoms with Gasteiger partial charge in [-0.15, -0.1) is 0 Å². The van der Waals surface area contributed by atoms with E-state index in [1.165, 1.54) is 12.1 Å². The third-order valence-corrected chi connectivity index (χ3v) is 2.61. The monoisotopic (exact) mass is 242 g/mol. The number of nitrogens with zero attached hydrogens (tertiary/aromatic N) is 4. The van der Waals surface area contributed by atoms with Crippen LogP contribution in [0.5, 0.6) is 0 Å². The third-order valence-electron chi connectivity index (χ3n) is 2.61. The number of benzene rings is 1. The zero-order valence-electron chi connectivity index (χ0n) is 9.70. The number of aromatic nitrogens is 2. The molecule has 0 aliphatic heterocycles. The van der Waals surface area contributed by atoms with Gasteiger partial charge in [0.25, 0.3) is 5.69 Å². The van der Waals surface area contributed by atoms with Crippen LogP contribution in [0.3, 0.4) is 0 Å². The second kappa shape index (κ2) is 4.67. The van der Waals surface area contributed by atoms with E-state index in [2.05, 4.69) is 4.98 Å². The minimum atomic E-state index is -0.559. The van der Waals surface area contributed by atoms with Gasteiger partial charge < -0.3 is 4.57 Å². The molecule has 0 amide bonds. The summed E-state index contributed by atoms with van der Waals surface area (Å²) in [5.74, 6) is 0.841. The van der Waals surface area contributed by atoms with Crippen LogP contribution in [0.25, 0.3) is 5.69 Å². The topological polar surface area (TPSA) is 84.8 Å². The Morgan fingerprint density at radius 1 is 1.56 bits per heavy atom. The van der Waals surface area contributed by atoms with Crippen LogP contribution in [-0.2, 0) is 6.42 Å². The summed E-state index contributed by atoms with van der Waals surface area (Å²) in [6, 6.07) is 6.29. The quantitative estimate of drug-likeness (QED) is 0.610. The molecule has 2 aromatic rings. The van der Waals surface area contributed by atoms with Gasteiger partial charge in [0.05, 0.1) is 4.92 Å². The summed E-state index contributed by atoms with van der Waals surface area (Å²) in [5.41, 5.74) is 0.569. The summed E-state index contributed by atoms with van der Waals surface area (Å²) in [5, 5.41) is 19.7. The standard InChI is InChI=1S/C12H10N4O2/c1-2-12-14-5-6-15(12)10-3-4-11(16(17)18)9(7-10)8-13/h3-7H,2H2,1H3. The molecule has 0 bridgehead atoms. The van der Waals surface area contributed by atoms with Crippen molar-refractivity contribution < 1.29 is 4.92 Å². The molecule has 6 heteroatoms. The van der Waals surface area contributed by atoms with Crippen LogP contribution in [0, 0.1) is 21.4 Å². The molecular weight excluding hydrogens is 232 g/mol. The predicted octanol–water partition coefficient (Wildman–Crippen LogP) is 2.21. The molecule has 0 saturated heterocycles. The Morgan fingerprint density at radius 3 is 2.94 bits per heavy atom. The fraction of sp³-hybridized carbons (Fsp3) is 0.167. The maximum Gasteiger partial charge on any atom is 0.287 e. The lowest BCUT2D eigenvalue weighted by Crippen LogP contribution is -2.00. The molecule has 6 nitrogen and oxygen atoms in total. The Morgan fingerprint density at radius 2 is 2.33 bits per heavy atom. The highest BCUT2D eigenvalue weighted by molar-refractivity contribution is 5.54. The molecule has 90 valence electrons. The molecule has 0 spiro atoms. The fourth-order valence-corrected chi connectivity index (χ4v) is 1.75. The number of hydrogen-bond acceptors (Lipinski definition) is 4. The lowest BCUT2D eigenvalue weighted by Gasteiger charge is -2.06. The average Bonchev–Trinajstić information content (AvgIpc) is 2.86. The van der Waals surface area contributed by atoms with Crippen molar-refractivity contribution in [2.45, 2.75) is 13.3 Å². The lowest BCUT2D eigenvalue weighted by molar-refractivity contribution is -0.385. The van der Waals surface area contributed by atoms with Crippen molar-refractivity contribution in [3.63, 3.8) is 0 Å². The number of hydrogen-bond donors (Lipinski definition) is 0. The van der Waals surface area contributed by atoms with Gasteiger partial charge in [0.2, 0.25) is 0 Å². The molecule has 18 heavy (non-hydrogen) atoms. The smallest absolute Gasteiger partial charge is 0.287 e. The summed E-state index contributed by atoms with van der Waals surface area (Å²) in [6.07, 6.45) is 4.17. The number of rotatable bonds is 3. The van der Waals surface area contributed by atoms with Gasteiger partial charge in [-0.05, 0) is 12.1 Å². The fourth-order valence-electron chi connectivity index (χ4n) is 1.75. The van der Waals surface area contributed by atoms with Gasteiger partial charge in [0, 0.05) is 30.6 Å². The van der Waals surface area contributed by atoms with E-state index in [0.29, 0.717) is 5.69 Å². The maximum atomic E-state index is 10.7. The zero-order valence-corrected chi connectivity index (χ0v) is 9.70. The molecule has 2 rings (SSSR count). The highest BCUT2D eigenvalue weighted by Crippen LogP contribution is 2.22. The van der Waals surface area contributed by atoms with Crippen molar-refractivity contribution in [3.05, 3.63) is 52.1 Å². The number of aryl methyl sites for hydroxylation is 1. The van der Waals surface area contributed by atoms with Gasteiger partial charge in [-0.3, -0.25) is 10.1 Å². The summed E-state index contributed by atoms with van der Waals surface area (Å²) in [6.45, 7) is 1.97. The Hall–Kier alpha value is -2.68. The van der Waals surface area contributed by atoms with E-state index in [9.17, 15) is 10.1 Å². The highest BCUT2D eigenvalue weighted by Gasteiger charge is 2.15. The summed E-state index contributed by atoms with van der Waals surface area (Å²) in [7, 11) is 0. The summed E-state index contributed by atoms with van der Waals surface area (Å²) < 4.78 is 1.81. The van der Waals surface area contributed by atoms with Crippen LogP contribution in [0.15, 0.2) is 30.6 Å². The zero-order chi connectivity index (χ0) is 13.1. The van der Waals surface area contributed by atoms with Crippen molar-refractivity contribution in [2.24, 2.45) is 0 Å². The van der Waals surface area contributed by atoms with Crippen LogP contribution < -0.4 is 0 Å². The summed E-state index contributed by atoms with van der Waals surface area (Å²) >= 11 is 0. The van der Waals surface area contributed by atoms with Crippen LogP contribution in [0.1, 0.15) is 18.3 Å². The Bertz CT molecular complexity index is 640. The molecule has 1 aromatic carbocycles. The molecule has 0 aliphatic rings. The number of imidazole rings is 1. The van der Waals surface area contributed by atoms with Crippen molar-refractivity contribution in [1.82, 2.24) is 9.55 Å². The average molecular weight is 242 g/mol.